The van der Waals surface area contributed by atoms with Gasteiger partial charge < -0.3 is 10.2 Å². The SMILES string of the molecule is Fc1cccc(F)c1NC1CN2CCC1CC2. The summed E-state index contributed by atoms with van der Waals surface area (Å²) in [6, 6.07) is 4.18. The average molecular weight is 238 g/mol. The Balaban J connectivity index is 1.79. The number of para-hydroxylation sites is 1. The van der Waals surface area contributed by atoms with Gasteiger partial charge in [0.15, 0.2) is 0 Å². The lowest BCUT2D eigenvalue weighted by Crippen LogP contribution is -2.53. The van der Waals surface area contributed by atoms with Crippen molar-refractivity contribution >= 4 is 5.69 Å². The number of hydrogen-bond donors (Lipinski definition) is 1. The third kappa shape index (κ3) is 2.02. The maximum atomic E-state index is 13.5. The number of benzene rings is 1. The van der Waals surface area contributed by atoms with Gasteiger partial charge in [0.2, 0.25) is 0 Å². The number of rotatable bonds is 2. The van der Waals surface area contributed by atoms with Crippen molar-refractivity contribution < 1.29 is 8.78 Å². The van der Waals surface area contributed by atoms with E-state index in [-0.39, 0.29) is 11.7 Å². The molecule has 17 heavy (non-hydrogen) atoms. The highest BCUT2D eigenvalue weighted by Gasteiger charge is 2.34. The van der Waals surface area contributed by atoms with Crippen molar-refractivity contribution in [2.45, 2.75) is 18.9 Å². The molecule has 0 aromatic heterocycles. The zero-order valence-corrected chi connectivity index (χ0v) is 9.63. The van der Waals surface area contributed by atoms with Gasteiger partial charge in [-0.25, -0.2) is 8.78 Å². The summed E-state index contributed by atoms with van der Waals surface area (Å²) in [7, 11) is 0. The second kappa shape index (κ2) is 4.26. The molecule has 0 radical (unpaired) electrons. The van der Waals surface area contributed by atoms with Crippen LogP contribution in [0.15, 0.2) is 18.2 Å². The second-order valence-corrected chi connectivity index (χ2v) is 4.99. The van der Waals surface area contributed by atoms with Gasteiger partial charge in [-0.1, -0.05) is 6.07 Å². The molecular weight excluding hydrogens is 222 g/mol. The number of hydrogen-bond acceptors (Lipinski definition) is 2. The van der Waals surface area contributed by atoms with Gasteiger partial charge in [-0.15, -0.1) is 0 Å². The lowest BCUT2D eigenvalue weighted by molar-refractivity contribution is 0.0972. The minimum Gasteiger partial charge on any atom is -0.376 e. The molecule has 0 saturated carbocycles. The Hall–Kier alpha value is -1.16. The van der Waals surface area contributed by atoms with Crippen LogP contribution in [0.5, 0.6) is 0 Å². The van der Waals surface area contributed by atoms with E-state index in [0.29, 0.717) is 5.92 Å². The van der Waals surface area contributed by atoms with E-state index in [4.69, 9.17) is 0 Å². The molecule has 0 amide bonds. The van der Waals surface area contributed by atoms with E-state index in [1.165, 1.54) is 18.2 Å². The average Bonchev–Trinajstić information content (AvgIpc) is 2.36. The summed E-state index contributed by atoms with van der Waals surface area (Å²) in [5.41, 5.74) is 0.0336. The highest BCUT2D eigenvalue weighted by Crippen LogP contribution is 2.31. The molecule has 0 aliphatic carbocycles. The Morgan fingerprint density at radius 3 is 2.29 bits per heavy atom. The molecule has 1 unspecified atom stereocenters. The monoisotopic (exact) mass is 238 g/mol. The molecule has 3 heterocycles. The highest BCUT2D eigenvalue weighted by atomic mass is 19.1. The molecule has 2 bridgehead atoms. The predicted molar refractivity (Wildman–Crippen MR) is 62.9 cm³/mol. The zero-order chi connectivity index (χ0) is 11.8. The Morgan fingerprint density at radius 2 is 1.76 bits per heavy atom. The topological polar surface area (TPSA) is 15.3 Å². The summed E-state index contributed by atoms with van der Waals surface area (Å²) in [6.45, 7) is 3.16. The van der Waals surface area contributed by atoms with E-state index in [1.54, 1.807) is 0 Å². The van der Waals surface area contributed by atoms with Crippen LogP contribution in [0.2, 0.25) is 0 Å². The number of nitrogens with one attached hydrogen (secondary N) is 1. The molecule has 3 aliphatic heterocycles. The number of piperidine rings is 3. The van der Waals surface area contributed by atoms with Gasteiger partial charge in [-0.3, -0.25) is 0 Å². The molecular formula is C13H16F2N2. The zero-order valence-electron chi connectivity index (χ0n) is 9.63. The summed E-state index contributed by atoms with van der Waals surface area (Å²) < 4.78 is 27.1. The second-order valence-electron chi connectivity index (χ2n) is 4.99. The number of fused-ring (bicyclic) bond motifs is 3. The van der Waals surface area contributed by atoms with Crippen LogP contribution in [0.25, 0.3) is 0 Å². The molecule has 3 aliphatic rings. The van der Waals surface area contributed by atoms with Crippen molar-refractivity contribution in [2.24, 2.45) is 5.92 Å². The maximum absolute atomic E-state index is 13.5. The van der Waals surface area contributed by atoms with Crippen molar-refractivity contribution in [1.29, 1.82) is 0 Å². The van der Waals surface area contributed by atoms with Gasteiger partial charge in [-0.2, -0.15) is 0 Å². The fourth-order valence-corrected chi connectivity index (χ4v) is 2.95. The van der Waals surface area contributed by atoms with Crippen LogP contribution < -0.4 is 5.32 Å². The fourth-order valence-electron chi connectivity index (χ4n) is 2.95. The van der Waals surface area contributed by atoms with Crippen LogP contribution in [-0.2, 0) is 0 Å². The van der Waals surface area contributed by atoms with Gasteiger partial charge in [0, 0.05) is 12.6 Å². The van der Waals surface area contributed by atoms with Gasteiger partial charge in [0.05, 0.1) is 0 Å². The minimum atomic E-state index is -0.499. The van der Waals surface area contributed by atoms with Crippen LogP contribution >= 0.6 is 0 Å². The van der Waals surface area contributed by atoms with Gasteiger partial charge in [0.1, 0.15) is 17.3 Å². The predicted octanol–water partition coefficient (Wildman–Crippen LogP) is 2.47. The fraction of sp³-hybridized carbons (Fsp3) is 0.538. The lowest BCUT2D eigenvalue weighted by atomic mass is 9.84. The van der Waals surface area contributed by atoms with Crippen LogP contribution in [0, 0.1) is 17.6 Å². The Bertz CT molecular complexity index is 394. The van der Waals surface area contributed by atoms with E-state index in [0.717, 1.165) is 32.5 Å². The van der Waals surface area contributed by atoms with Gasteiger partial charge >= 0.3 is 0 Å². The highest BCUT2D eigenvalue weighted by molar-refractivity contribution is 5.47. The molecule has 3 saturated heterocycles. The maximum Gasteiger partial charge on any atom is 0.149 e. The quantitative estimate of drug-likeness (QED) is 0.851. The molecule has 3 fully saturated rings. The lowest BCUT2D eigenvalue weighted by Gasteiger charge is -2.45. The summed E-state index contributed by atoms with van der Waals surface area (Å²) in [6.07, 6.45) is 2.27. The number of halogens is 2. The Kier molecular flexibility index (Phi) is 2.74. The first-order chi connectivity index (χ1) is 8.24. The standard InChI is InChI=1S/C13H16F2N2/c14-10-2-1-3-11(15)13(10)16-12-8-17-6-4-9(12)5-7-17/h1-3,9,12,16H,4-8H2. The third-order valence-corrected chi connectivity index (χ3v) is 3.95. The number of nitrogens with zero attached hydrogens (tertiary/aromatic N) is 1. The van der Waals surface area contributed by atoms with Crippen LogP contribution in [0.3, 0.4) is 0 Å². The molecule has 1 aromatic carbocycles. The molecule has 4 rings (SSSR count). The first kappa shape index (κ1) is 11.0. The number of anilines is 1. The summed E-state index contributed by atoms with van der Waals surface area (Å²) in [5, 5.41) is 3.06. The largest absolute Gasteiger partial charge is 0.376 e. The molecule has 4 heteroatoms. The third-order valence-electron chi connectivity index (χ3n) is 3.95. The summed E-state index contributed by atoms with van der Waals surface area (Å²) >= 11 is 0. The van der Waals surface area contributed by atoms with Gasteiger partial charge in [0.25, 0.3) is 0 Å². The van der Waals surface area contributed by atoms with Crippen molar-refractivity contribution in [3.63, 3.8) is 0 Å². The molecule has 1 N–H and O–H groups in total. The Morgan fingerprint density at radius 1 is 1.12 bits per heavy atom. The summed E-state index contributed by atoms with van der Waals surface area (Å²) in [5.74, 6) is -0.443. The Labute approximate surface area is 99.6 Å². The van der Waals surface area contributed by atoms with Crippen LogP contribution in [0.1, 0.15) is 12.8 Å². The smallest absolute Gasteiger partial charge is 0.149 e. The minimum absolute atomic E-state index is 0.0336. The van der Waals surface area contributed by atoms with E-state index >= 15 is 0 Å². The molecule has 2 nitrogen and oxygen atoms in total. The van der Waals surface area contributed by atoms with Crippen molar-refractivity contribution in [1.82, 2.24) is 4.90 Å². The normalized spacial score (nSPS) is 31.5. The molecule has 92 valence electrons. The van der Waals surface area contributed by atoms with Crippen molar-refractivity contribution in [3.8, 4) is 0 Å². The van der Waals surface area contributed by atoms with Crippen molar-refractivity contribution in [2.75, 3.05) is 25.0 Å². The molecule has 1 atom stereocenters. The van der Waals surface area contributed by atoms with E-state index in [1.807, 2.05) is 0 Å². The van der Waals surface area contributed by atoms with E-state index < -0.39 is 11.6 Å². The molecule has 0 spiro atoms. The van der Waals surface area contributed by atoms with E-state index in [2.05, 4.69) is 10.2 Å². The van der Waals surface area contributed by atoms with Gasteiger partial charge in [-0.05, 0) is 44.0 Å². The first-order valence-electron chi connectivity index (χ1n) is 6.17. The summed E-state index contributed by atoms with van der Waals surface area (Å²) in [4.78, 5) is 2.36. The van der Waals surface area contributed by atoms with Crippen LogP contribution in [0.4, 0.5) is 14.5 Å². The van der Waals surface area contributed by atoms with Crippen molar-refractivity contribution in [3.05, 3.63) is 29.8 Å². The molecule has 1 aromatic rings. The van der Waals surface area contributed by atoms with E-state index in [9.17, 15) is 8.78 Å². The first-order valence-corrected chi connectivity index (χ1v) is 6.17. The van der Waals surface area contributed by atoms with Crippen LogP contribution in [-0.4, -0.2) is 30.6 Å².